The van der Waals surface area contributed by atoms with Crippen molar-refractivity contribution >= 4 is 55.6 Å². The highest BCUT2D eigenvalue weighted by molar-refractivity contribution is 14.1. The van der Waals surface area contributed by atoms with Gasteiger partial charge in [-0.2, -0.15) is 9.78 Å². The zero-order chi connectivity index (χ0) is 25.7. The van der Waals surface area contributed by atoms with Crippen LogP contribution in [0.2, 0.25) is 0 Å². The normalized spacial score (nSPS) is 11.4. The van der Waals surface area contributed by atoms with Gasteiger partial charge in [0.2, 0.25) is 0 Å². The van der Waals surface area contributed by atoms with Gasteiger partial charge in [-0.1, -0.05) is 47.5 Å². The van der Waals surface area contributed by atoms with Gasteiger partial charge in [0, 0.05) is 16.5 Å². The number of aryl methyl sites for hydroxylation is 1. The average molecular weight is 664 g/mol. The van der Waals surface area contributed by atoms with Gasteiger partial charge in [0.1, 0.15) is 18.2 Å². The molecule has 0 bridgehead atoms. The second kappa shape index (κ2) is 12.0. The molecule has 0 fully saturated rings. The highest BCUT2D eigenvalue weighted by Crippen LogP contribution is 2.34. The molecule has 186 valence electrons. The molecule has 0 unspecified atom stereocenters. The van der Waals surface area contributed by atoms with Crippen LogP contribution in [0.5, 0.6) is 11.5 Å². The molecule has 0 amide bonds. The molecule has 0 spiro atoms. The highest BCUT2D eigenvalue weighted by Gasteiger charge is 2.14. The maximum Gasteiger partial charge on any atom is 0.282 e. The van der Waals surface area contributed by atoms with Gasteiger partial charge < -0.3 is 9.47 Å². The van der Waals surface area contributed by atoms with Crippen molar-refractivity contribution in [2.45, 2.75) is 32.8 Å². The lowest BCUT2D eigenvalue weighted by Gasteiger charge is -2.14. The van der Waals surface area contributed by atoms with E-state index in [2.05, 4.69) is 50.5 Å². The summed E-state index contributed by atoms with van der Waals surface area (Å²) in [4.78, 5) is 18.0. The lowest BCUT2D eigenvalue weighted by molar-refractivity contribution is 0.277. The molecule has 1 heterocycles. The van der Waals surface area contributed by atoms with E-state index in [-0.39, 0.29) is 18.0 Å². The van der Waals surface area contributed by atoms with Gasteiger partial charge in [-0.15, -0.1) is 0 Å². The Bertz CT molecular complexity index is 1490. The molecule has 0 aliphatic rings. The molecule has 4 rings (SSSR count). The van der Waals surface area contributed by atoms with E-state index in [0.29, 0.717) is 40.2 Å². The van der Waals surface area contributed by atoms with Gasteiger partial charge >= 0.3 is 0 Å². The topological polar surface area (TPSA) is 65.7 Å². The van der Waals surface area contributed by atoms with E-state index in [1.54, 1.807) is 43.7 Å². The number of hydrogen-bond acceptors (Lipinski definition) is 5. The van der Waals surface area contributed by atoms with Crippen LogP contribution in [0.3, 0.4) is 0 Å². The van der Waals surface area contributed by atoms with E-state index in [0.717, 1.165) is 26.4 Å². The summed E-state index contributed by atoms with van der Waals surface area (Å²) in [5.41, 5.74) is 1.59. The van der Waals surface area contributed by atoms with Crippen LogP contribution in [0.4, 0.5) is 4.39 Å². The first kappa shape index (κ1) is 26.3. The van der Waals surface area contributed by atoms with Gasteiger partial charge in [-0.05, 0) is 71.0 Å². The molecule has 0 radical (unpaired) electrons. The monoisotopic (exact) mass is 663 g/mol. The highest BCUT2D eigenvalue weighted by atomic mass is 127. The summed E-state index contributed by atoms with van der Waals surface area (Å²) >= 11 is 5.57. The van der Waals surface area contributed by atoms with Crippen molar-refractivity contribution in [3.63, 3.8) is 0 Å². The minimum atomic E-state index is -0.324. The van der Waals surface area contributed by atoms with Crippen molar-refractivity contribution in [1.82, 2.24) is 9.66 Å². The number of benzene rings is 3. The number of nitrogens with zero attached hydrogens (tertiary/aromatic N) is 3. The SMILES string of the molecule is CCCCc1nc2ccc(Br)cc2c(=O)n1N=Cc1cc(I)c(OCc2ccccc2F)c(OC)c1. The van der Waals surface area contributed by atoms with Crippen LogP contribution in [0.15, 0.2) is 69.0 Å². The first-order valence-corrected chi connectivity index (χ1v) is 13.3. The Hall–Kier alpha value is -2.79. The molecule has 1 aromatic heterocycles. The zero-order valence-corrected chi connectivity index (χ0v) is 23.5. The molecule has 0 saturated carbocycles. The van der Waals surface area contributed by atoms with Crippen molar-refractivity contribution in [3.05, 3.63) is 95.8 Å². The number of unbranched alkanes of at least 4 members (excludes halogenated alkanes) is 1. The molecule has 9 heteroatoms. The summed E-state index contributed by atoms with van der Waals surface area (Å²) in [6.07, 6.45) is 4.11. The minimum Gasteiger partial charge on any atom is -0.493 e. The van der Waals surface area contributed by atoms with Gasteiger partial charge in [0.25, 0.3) is 5.56 Å². The fourth-order valence-electron chi connectivity index (χ4n) is 3.65. The fraction of sp³-hybridized carbons (Fsp3) is 0.222. The predicted molar refractivity (Wildman–Crippen MR) is 152 cm³/mol. The van der Waals surface area contributed by atoms with Crippen LogP contribution >= 0.6 is 38.5 Å². The number of aromatic nitrogens is 2. The number of hydrogen-bond donors (Lipinski definition) is 0. The molecule has 0 N–H and O–H groups in total. The van der Waals surface area contributed by atoms with Crippen LogP contribution in [0.25, 0.3) is 10.9 Å². The van der Waals surface area contributed by atoms with E-state index in [1.807, 2.05) is 18.2 Å². The second-order valence-electron chi connectivity index (χ2n) is 8.07. The Morgan fingerprint density at radius 2 is 2.00 bits per heavy atom. The number of fused-ring (bicyclic) bond motifs is 1. The first-order chi connectivity index (χ1) is 17.4. The van der Waals surface area contributed by atoms with Gasteiger partial charge in [-0.25, -0.2) is 9.37 Å². The summed E-state index contributed by atoms with van der Waals surface area (Å²) < 4.78 is 28.4. The van der Waals surface area contributed by atoms with Crippen LogP contribution in [0.1, 0.15) is 36.7 Å². The Morgan fingerprint density at radius 1 is 1.19 bits per heavy atom. The largest absolute Gasteiger partial charge is 0.493 e. The van der Waals surface area contributed by atoms with Crippen molar-refractivity contribution in [1.29, 1.82) is 0 Å². The van der Waals surface area contributed by atoms with Crippen molar-refractivity contribution < 1.29 is 13.9 Å². The molecule has 0 atom stereocenters. The van der Waals surface area contributed by atoms with Crippen LogP contribution in [0, 0.1) is 9.39 Å². The van der Waals surface area contributed by atoms with Crippen LogP contribution in [-0.4, -0.2) is 23.0 Å². The molecule has 0 aliphatic carbocycles. The van der Waals surface area contributed by atoms with Crippen molar-refractivity contribution in [2.24, 2.45) is 5.10 Å². The molecule has 3 aromatic carbocycles. The van der Waals surface area contributed by atoms with E-state index < -0.39 is 0 Å². The van der Waals surface area contributed by atoms with Gasteiger partial charge in [0.15, 0.2) is 11.5 Å². The lowest BCUT2D eigenvalue weighted by Crippen LogP contribution is -2.22. The third-order valence-corrected chi connectivity index (χ3v) is 6.83. The summed E-state index contributed by atoms with van der Waals surface area (Å²) in [7, 11) is 1.54. The fourth-order valence-corrected chi connectivity index (χ4v) is 4.80. The van der Waals surface area contributed by atoms with Crippen LogP contribution < -0.4 is 15.0 Å². The summed E-state index contributed by atoms with van der Waals surface area (Å²) in [5, 5.41) is 5.00. The Labute approximate surface area is 230 Å². The van der Waals surface area contributed by atoms with E-state index in [4.69, 9.17) is 14.5 Å². The van der Waals surface area contributed by atoms with Gasteiger partial charge in [0.05, 0.1) is 27.8 Å². The number of methoxy groups -OCH3 is 1. The van der Waals surface area contributed by atoms with Crippen molar-refractivity contribution in [3.8, 4) is 11.5 Å². The Kier molecular flexibility index (Phi) is 8.73. The number of halogens is 3. The standard InChI is InChI=1S/C27H24BrFIN3O3/c1-3-4-9-25-32-23-11-10-19(28)14-20(23)27(34)33(25)31-15-17-12-22(30)26(24(13-17)35-2)36-16-18-7-5-6-8-21(18)29/h5-8,10-15H,3-4,9,16H2,1-2H3. The molecule has 4 aromatic rings. The molecular formula is C27H24BrFIN3O3. The number of rotatable bonds is 9. The Balaban J connectivity index is 1.68. The summed E-state index contributed by atoms with van der Waals surface area (Å²) in [6, 6.07) is 15.6. The number of ether oxygens (including phenoxy) is 2. The van der Waals surface area contributed by atoms with Crippen LogP contribution in [-0.2, 0) is 13.0 Å². The quantitative estimate of drug-likeness (QED) is 0.147. The smallest absolute Gasteiger partial charge is 0.282 e. The van der Waals surface area contributed by atoms with E-state index >= 15 is 0 Å². The van der Waals surface area contributed by atoms with Crippen molar-refractivity contribution in [2.75, 3.05) is 7.11 Å². The molecule has 36 heavy (non-hydrogen) atoms. The van der Waals surface area contributed by atoms with E-state index in [1.165, 1.54) is 10.7 Å². The third kappa shape index (κ3) is 5.95. The average Bonchev–Trinajstić information content (AvgIpc) is 2.87. The molecule has 0 saturated heterocycles. The predicted octanol–water partition coefficient (Wildman–Crippen LogP) is 6.72. The Morgan fingerprint density at radius 3 is 2.75 bits per heavy atom. The minimum absolute atomic E-state index is 0.0704. The maximum atomic E-state index is 14.0. The molecular weight excluding hydrogens is 640 g/mol. The zero-order valence-electron chi connectivity index (χ0n) is 19.8. The van der Waals surface area contributed by atoms with E-state index in [9.17, 15) is 9.18 Å². The first-order valence-electron chi connectivity index (χ1n) is 11.4. The summed E-state index contributed by atoms with van der Waals surface area (Å²) in [5.74, 6) is 1.28. The third-order valence-electron chi connectivity index (χ3n) is 5.53. The summed E-state index contributed by atoms with van der Waals surface area (Å²) in [6.45, 7) is 2.16. The lowest BCUT2D eigenvalue weighted by atomic mass is 10.2. The van der Waals surface area contributed by atoms with Gasteiger partial charge in [-0.3, -0.25) is 4.79 Å². The maximum absolute atomic E-state index is 14.0. The second-order valence-corrected chi connectivity index (χ2v) is 10.1. The molecule has 6 nitrogen and oxygen atoms in total. The molecule has 0 aliphatic heterocycles.